The first-order valence-corrected chi connectivity index (χ1v) is 6.90. The minimum Gasteiger partial charge on any atom is -0.385 e. The summed E-state index contributed by atoms with van der Waals surface area (Å²) in [4.78, 5) is 11.7. The molecule has 0 saturated heterocycles. The number of ether oxygens (including phenoxy) is 2. The van der Waals surface area contributed by atoms with Gasteiger partial charge >= 0.3 is 0 Å². The average Bonchev–Trinajstić information content (AvgIpc) is 2.41. The molecule has 0 atom stereocenters. The van der Waals surface area contributed by atoms with Gasteiger partial charge in [0, 0.05) is 26.0 Å². The van der Waals surface area contributed by atoms with Crippen molar-refractivity contribution >= 4 is 5.91 Å². The molecule has 6 heteroatoms. The van der Waals surface area contributed by atoms with Crippen molar-refractivity contribution in [3.05, 3.63) is 11.8 Å². The van der Waals surface area contributed by atoms with Crippen molar-refractivity contribution in [3.63, 3.8) is 0 Å². The van der Waals surface area contributed by atoms with Gasteiger partial charge in [-0.05, 0) is 19.8 Å². The number of hydrogen-bond donors (Lipinski definition) is 2. The largest absolute Gasteiger partial charge is 0.385 e. The third-order valence-electron chi connectivity index (χ3n) is 2.27. The van der Waals surface area contributed by atoms with E-state index in [-0.39, 0.29) is 17.8 Å². The molecule has 1 amide bonds. The molecule has 0 aliphatic heterocycles. The SMILES string of the molecule is CCOC(CN/C=C(/C#N)C(=O)NCC(C)C)OCC. The molecule has 0 rings (SSSR count). The van der Waals surface area contributed by atoms with Gasteiger partial charge in [-0.2, -0.15) is 5.26 Å². The lowest BCUT2D eigenvalue weighted by Crippen LogP contribution is -2.31. The quantitative estimate of drug-likeness (QED) is 0.357. The van der Waals surface area contributed by atoms with Crippen molar-refractivity contribution in [1.82, 2.24) is 10.6 Å². The molecule has 6 nitrogen and oxygen atoms in total. The highest BCUT2D eigenvalue weighted by Crippen LogP contribution is 1.96. The highest BCUT2D eigenvalue weighted by molar-refractivity contribution is 5.97. The molecule has 114 valence electrons. The van der Waals surface area contributed by atoms with E-state index >= 15 is 0 Å². The fourth-order valence-corrected chi connectivity index (χ4v) is 1.34. The van der Waals surface area contributed by atoms with Gasteiger partial charge in [0.2, 0.25) is 0 Å². The van der Waals surface area contributed by atoms with E-state index in [1.54, 1.807) is 0 Å². The molecule has 0 fully saturated rings. The van der Waals surface area contributed by atoms with Gasteiger partial charge in [-0.15, -0.1) is 0 Å². The predicted molar refractivity (Wildman–Crippen MR) is 76.6 cm³/mol. The lowest BCUT2D eigenvalue weighted by molar-refractivity contribution is -0.131. The number of carbonyl (C=O) groups is 1. The van der Waals surface area contributed by atoms with Crippen LogP contribution >= 0.6 is 0 Å². The Kier molecular flexibility index (Phi) is 10.4. The van der Waals surface area contributed by atoms with E-state index < -0.39 is 0 Å². The van der Waals surface area contributed by atoms with Crippen LogP contribution < -0.4 is 10.6 Å². The molecule has 0 aliphatic carbocycles. The summed E-state index contributed by atoms with van der Waals surface area (Å²) in [5, 5.41) is 14.5. The number of nitriles is 1. The molecule has 0 aliphatic rings. The number of amides is 1. The Morgan fingerprint density at radius 3 is 2.30 bits per heavy atom. The fourth-order valence-electron chi connectivity index (χ4n) is 1.34. The molecule has 0 saturated carbocycles. The van der Waals surface area contributed by atoms with Crippen LogP contribution in [0.25, 0.3) is 0 Å². The number of carbonyl (C=O) groups excluding carboxylic acids is 1. The molecule has 0 unspecified atom stereocenters. The average molecular weight is 283 g/mol. The maximum absolute atomic E-state index is 11.7. The van der Waals surface area contributed by atoms with Crippen LogP contribution in [0.2, 0.25) is 0 Å². The normalized spacial score (nSPS) is 11.6. The zero-order valence-electron chi connectivity index (χ0n) is 12.7. The minimum atomic E-state index is -0.389. The summed E-state index contributed by atoms with van der Waals surface area (Å²) in [6.45, 7) is 9.73. The fraction of sp³-hybridized carbons (Fsp3) is 0.714. The summed E-state index contributed by atoms with van der Waals surface area (Å²) in [7, 11) is 0. The van der Waals surface area contributed by atoms with Crippen molar-refractivity contribution in [3.8, 4) is 6.07 Å². The summed E-state index contributed by atoms with van der Waals surface area (Å²) in [6, 6.07) is 1.87. The Hall–Kier alpha value is -1.58. The highest BCUT2D eigenvalue weighted by atomic mass is 16.7. The van der Waals surface area contributed by atoms with Crippen LogP contribution in [0.3, 0.4) is 0 Å². The minimum absolute atomic E-state index is 0.0393. The van der Waals surface area contributed by atoms with Crippen LogP contribution in [0.5, 0.6) is 0 Å². The zero-order valence-corrected chi connectivity index (χ0v) is 12.7. The first-order chi connectivity index (χ1) is 9.54. The van der Waals surface area contributed by atoms with Gasteiger partial charge < -0.3 is 20.1 Å². The summed E-state index contributed by atoms with van der Waals surface area (Å²) >= 11 is 0. The monoisotopic (exact) mass is 283 g/mol. The maximum atomic E-state index is 11.7. The first-order valence-electron chi connectivity index (χ1n) is 6.90. The second-order valence-electron chi connectivity index (χ2n) is 4.52. The van der Waals surface area contributed by atoms with Crippen molar-refractivity contribution in [2.24, 2.45) is 5.92 Å². The third-order valence-corrected chi connectivity index (χ3v) is 2.27. The molecule has 20 heavy (non-hydrogen) atoms. The molecule has 0 spiro atoms. The summed E-state index contributed by atoms with van der Waals surface area (Å²) in [5.41, 5.74) is 0.0393. The number of hydrogen-bond acceptors (Lipinski definition) is 5. The number of rotatable bonds is 10. The van der Waals surface area contributed by atoms with E-state index in [0.717, 1.165) is 0 Å². The molecule has 0 bridgehead atoms. The van der Waals surface area contributed by atoms with E-state index in [1.807, 2.05) is 33.8 Å². The summed E-state index contributed by atoms with van der Waals surface area (Å²) in [6.07, 6.45) is 1.00. The van der Waals surface area contributed by atoms with Gasteiger partial charge in [-0.3, -0.25) is 4.79 Å². The second-order valence-corrected chi connectivity index (χ2v) is 4.52. The van der Waals surface area contributed by atoms with Gasteiger partial charge in [0.15, 0.2) is 6.29 Å². The molecule has 0 aromatic carbocycles. The second kappa shape index (κ2) is 11.3. The Morgan fingerprint density at radius 1 is 1.25 bits per heavy atom. The summed E-state index contributed by atoms with van der Waals surface area (Å²) in [5.74, 6) is -0.0368. The predicted octanol–water partition coefficient (Wildman–Crippen LogP) is 1.15. The van der Waals surface area contributed by atoms with Gasteiger partial charge in [-0.1, -0.05) is 13.8 Å². The van der Waals surface area contributed by atoms with Crippen LogP contribution in [0.15, 0.2) is 11.8 Å². The number of nitrogens with zero attached hydrogens (tertiary/aromatic N) is 1. The molecule has 0 aromatic rings. The van der Waals surface area contributed by atoms with Crippen LogP contribution in [0.4, 0.5) is 0 Å². The van der Waals surface area contributed by atoms with Crippen molar-refractivity contribution in [2.45, 2.75) is 34.0 Å². The molecular weight excluding hydrogens is 258 g/mol. The van der Waals surface area contributed by atoms with E-state index in [4.69, 9.17) is 14.7 Å². The lowest BCUT2D eigenvalue weighted by atomic mass is 10.2. The molecule has 0 heterocycles. The van der Waals surface area contributed by atoms with Gasteiger partial charge in [0.25, 0.3) is 5.91 Å². The van der Waals surface area contributed by atoms with Crippen LogP contribution in [0, 0.1) is 17.2 Å². The Bertz CT molecular complexity index is 342. The lowest BCUT2D eigenvalue weighted by Gasteiger charge is -2.16. The third kappa shape index (κ3) is 8.51. The van der Waals surface area contributed by atoms with Crippen LogP contribution in [-0.2, 0) is 14.3 Å². The van der Waals surface area contributed by atoms with Crippen LogP contribution in [-0.4, -0.2) is 38.5 Å². The van der Waals surface area contributed by atoms with E-state index in [2.05, 4.69) is 10.6 Å². The first kappa shape index (κ1) is 18.4. The van der Waals surface area contributed by atoms with Crippen molar-refractivity contribution in [1.29, 1.82) is 5.26 Å². The summed E-state index contributed by atoms with van der Waals surface area (Å²) < 4.78 is 10.7. The van der Waals surface area contributed by atoms with Gasteiger partial charge in [-0.25, -0.2) is 0 Å². The topological polar surface area (TPSA) is 83.4 Å². The molecular formula is C14H25N3O3. The van der Waals surface area contributed by atoms with Gasteiger partial charge in [0.05, 0.1) is 6.54 Å². The standard InChI is InChI=1S/C14H25N3O3/c1-5-19-13(20-6-2)10-16-9-12(7-15)14(18)17-8-11(3)4/h9,11,13,16H,5-6,8,10H2,1-4H3,(H,17,18)/b12-9-. The van der Waals surface area contributed by atoms with Crippen molar-refractivity contribution < 1.29 is 14.3 Å². The van der Waals surface area contributed by atoms with Crippen molar-refractivity contribution in [2.75, 3.05) is 26.3 Å². The Morgan fingerprint density at radius 2 is 1.85 bits per heavy atom. The molecule has 0 aromatic heterocycles. The van der Waals surface area contributed by atoms with E-state index in [1.165, 1.54) is 6.20 Å². The smallest absolute Gasteiger partial charge is 0.263 e. The number of nitrogens with one attached hydrogen (secondary N) is 2. The molecule has 0 radical (unpaired) electrons. The van der Waals surface area contributed by atoms with Gasteiger partial charge in [0.1, 0.15) is 11.6 Å². The maximum Gasteiger partial charge on any atom is 0.263 e. The van der Waals surface area contributed by atoms with E-state index in [0.29, 0.717) is 32.2 Å². The van der Waals surface area contributed by atoms with Crippen LogP contribution in [0.1, 0.15) is 27.7 Å². The molecule has 2 N–H and O–H groups in total. The highest BCUT2D eigenvalue weighted by Gasteiger charge is 2.10. The Labute approximate surface area is 121 Å². The zero-order chi connectivity index (χ0) is 15.4. The van der Waals surface area contributed by atoms with E-state index in [9.17, 15) is 4.79 Å². The Balaban J connectivity index is 4.30.